The molecule has 0 N–H and O–H groups in total. The van der Waals surface area contributed by atoms with Gasteiger partial charge in [-0.25, -0.2) is 35.1 Å². The molecule has 18 rings (SSSR count). The highest BCUT2D eigenvalue weighted by molar-refractivity contribution is 5.93. The summed E-state index contributed by atoms with van der Waals surface area (Å²) >= 11 is 0. The molecule has 0 spiro atoms. The molecule has 0 saturated carbocycles. The maximum atomic E-state index is 17.2. The first-order valence-electron chi connectivity index (χ1n) is 36.7. The molecule has 0 saturated heterocycles. The third kappa shape index (κ3) is 11.6. The number of rotatable bonds is 17. The van der Waals surface area contributed by atoms with Crippen LogP contribution >= 0.6 is 0 Å². The Kier molecular flexibility index (Phi) is 17.6. The van der Waals surface area contributed by atoms with E-state index in [0.717, 1.165) is 78.1 Å². The second kappa shape index (κ2) is 28.2. The van der Waals surface area contributed by atoms with Crippen molar-refractivity contribution in [2.24, 2.45) is 0 Å². The van der Waals surface area contributed by atoms with Gasteiger partial charge in [0.15, 0.2) is 34.9 Å². The van der Waals surface area contributed by atoms with Crippen molar-refractivity contribution < 1.29 is 35.1 Å². The van der Waals surface area contributed by atoms with Gasteiger partial charge in [-0.3, -0.25) is 0 Å². The average Bonchev–Trinajstić information content (AvgIpc) is 1.51. The lowest BCUT2D eigenvalue weighted by molar-refractivity contribution is 0.416. The van der Waals surface area contributed by atoms with Crippen LogP contribution in [0, 0.1) is 46.5 Å². The van der Waals surface area contributed by atoms with Crippen LogP contribution in [0.15, 0.2) is 365 Å². The van der Waals surface area contributed by atoms with Crippen molar-refractivity contribution in [3.63, 3.8) is 0 Å². The fourth-order valence-corrected chi connectivity index (χ4v) is 16.9. The molecule has 2 unspecified atom stereocenters. The minimum Gasteiger partial charge on any atom is -0.310 e. The van der Waals surface area contributed by atoms with Gasteiger partial charge in [0.25, 0.3) is 0 Å². The van der Waals surface area contributed by atoms with Gasteiger partial charge in [-0.15, -0.1) is 0 Å². The Bertz CT molecular complexity index is 5980. The Balaban J connectivity index is 0.774. The van der Waals surface area contributed by atoms with Crippen molar-refractivity contribution in [1.82, 2.24) is 0 Å². The van der Waals surface area contributed by atoms with E-state index in [9.17, 15) is 0 Å². The van der Waals surface area contributed by atoms with Gasteiger partial charge in [0.05, 0.1) is 10.8 Å². The van der Waals surface area contributed by atoms with Gasteiger partial charge in [0.1, 0.15) is 11.6 Å². The summed E-state index contributed by atoms with van der Waals surface area (Å²) in [6.07, 6.45) is 3.31. The summed E-state index contributed by atoms with van der Waals surface area (Å²) in [5, 5.41) is 0. The number of nitrogens with zero attached hydrogens (tertiary/aromatic N) is 2. The minimum absolute atomic E-state index is 0.412. The highest BCUT2D eigenvalue weighted by atomic mass is 19.2. The van der Waals surface area contributed by atoms with Crippen LogP contribution in [0.5, 0.6) is 0 Å². The molecule has 0 radical (unpaired) electrons. The van der Waals surface area contributed by atoms with Crippen molar-refractivity contribution in [2.45, 2.75) is 10.8 Å². The van der Waals surface area contributed by atoms with E-state index in [1.54, 1.807) is 84.9 Å². The third-order valence-corrected chi connectivity index (χ3v) is 22.2. The zero-order valence-corrected chi connectivity index (χ0v) is 60.0. The summed E-state index contributed by atoms with van der Waals surface area (Å²) in [5.74, 6) is -12.7. The van der Waals surface area contributed by atoms with Crippen molar-refractivity contribution >= 4 is 46.3 Å². The standard InChI is InChI=1S/C102H64F8N2/c1-3-63-29-41-75(42-30-63)101(95-91(103)61-93(105)97(107)99(95)109)87-27-13-11-25-83(87)85-55-53-81(59-89(85)101)111(79-49-37-69(38-50-79)73-23-15-21-71(57-73)65-17-7-5-8-18-65)77-45-33-67(34-46-77)68-35-47-78(48-36-68)112(80-51-39-70(40-52-80)74-24-16-22-72(58-74)66-19-9-6-10-20-66)82-54-56-86-84-26-12-14-28-88(84)102(90(86)60-82,76-43-31-64(4-2)32-44-76)96-92(104)62-94(106)98(108)100(96)110/h3-62H,1-2H2. The Hall–Kier alpha value is -14.0. The van der Waals surface area contributed by atoms with Gasteiger partial charge in [0, 0.05) is 57.4 Å². The van der Waals surface area contributed by atoms with Crippen LogP contribution in [-0.2, 0) is 10.8 Å². The number of fused-ring (bicyclic) bond motifs is 6. The lowest BCUT2D eigenvalue weighted by Crippen LogP contribution is -2.32. The first-order chi connectivity index (χ1) is 54.7. The molecule has 0 bridgehead atoms. The minimum atomic E-state index is -1.85. The van der Waals surface area contributed by atoms with E-state index < -0.39 is 68.5 Å². The maximum Gasteiger partial charge on any atom is 0.194 e. The SMILES string of the molecule is C=Cc1ccc(C2(c3c(F)cc(F)c(F)c3F)c3ccccc3-c3ccc(N(c4ccc(-c5ccc(N(c6ccc(-c7cccc(-c8ccccc8)c7)cc6)c6ccc7c(c6)C(c6ccc(C=C)cc6)(c6c(F)cc(F)c(F)c6F)c6ccccc6-7)cc5)cc4)c4ccc(-c5cccc(-c6ccccc6)c5)cc4)cc32)cc1. The molecule has 112 heavy (non-hydrogen) atoms. The summed E-state index contributed by atoms with van der Waals surface area (Å²) in [4.78, 5) is 4.12. The largest absolute Gasteiger partial charge is 0.310 e. The molecule has 0 heterocycles. The Morgan fingerprint density at radius 2 is 0.491 bits per heavy atom. The molecular formula is C102H64F8N2. The first-order valence-corrected chi connectivity index (χ1v) is 36.7. The quantitative estimate of drug-likeness (QED) is 0.0509. The lowest BCUT2D eigenvalue weighted by Gasteiger charge is -2.35. The molecule has 2 nitrogen and oxygen atoms in total. The molecule has 0 aromatic heterocycles. The molecular weight excluding hydrogens is 1410 g/mol. The van der Waals surface area contributed by atoms with Gasteiger partial charge in [-0.2, -0.15) is 0 Å². The van der Waals surface area contributed by atoms with Crippen molar-refractivity contribution in [2.75, 3.05) is 9.80 Å². The molecule has 0 aliphatic heterocycles. The Labute approximate surface area is 643 Å². The summed E-state index contributed by atoms with van der Waals surface area (Å²) < 4.78 is 131. The zero-order chi connectivity index (χ0) is 76.5. The van der Waals surface area contributed by atoms with Gasteiger partial charge in [-0.05, 0) is 207 Å². The van der Waals surface area contributed by atoms with Crippen LogP contribution in [0.3, 0.4) is 0 Å². The van der Waals surface area contributed by atoms with E-state index in [4.69, 9.17) is 0 Å². The summed E-state index contributed by atoms with van der Waals surface area (Å²) in [6, 6.07) is 110. The van der Waals surface area contributed by atoms with Crippen LogP contribution < -0.4 is 9.80 Å². The zero-order valence-electron chi connectivity index (χ0n) is 60.0. The third-order valence-electron chi connectivity index (χ3n) is 22.2. The molecule has 16 aromatic rings. The first kappa shape index (κ1) is 69.8. The van der Waals surface area contributed by atoms with E-state index in [2.05, 4.69) is 108 Å². The Morgan fingerprint density at radius 1 is 0.214 bits per heavy atom. The highest BCUT2D eigenvalue weighted by Crippen LogP contribution is 2.61. The van der Waals surface area contributed by atoms with Gasteiger partial charge >= 0.3 is 0 Å². The monoisotopic (exact) mass is 1470 g/mol. The molecule has 10 heteroatoms. The molecule has 538 valence electrons. The molecule has 0 amide bonds. The number of halogens is 8. The molecule has 0 fully saturated rings. The van der Waals surface area contributed by atoms with Crippen LogP contribution in [0.4, 0.5) is 69.2 Å². The normalized spacial score (nSPS) is 14.4. The van der Waals surface area contributed by atoms with Crippen LogP contribution in [-0.4, -0.2) is 0 Å². The smallest absolute Gasteiger partial charge is 0.194 e. The van der Waals surface area contributed by atoms with E-state index in [1.165, 1.54) is 0 Å². The van der Waals surface area contributed by atoms with Crippen molar-refractivity contribution in [1.29, 1.82) is 0 Å². The van der Waals surface area contributed by atoms with E-state index >= 15 is 35.1 Å². The van der Waals surface area contributed by atoms with Gasteiger partial charge in [0.2, 0.25) is 0 Å². The van der Waals surface area contributed by atoms with Crippen molar-refractivity contribution in [3.05, 3.63) is 467 Å². The maximum absolute atomic E-state index is 17.2. The topological polar surface area (TPSA) is 6.48 Å². The van der Waals surface area contributed by atoms with Gasteiger partial charge < -0.3 is 9.80 Å². The van der Waals surface area contributed by atoms with Crippen LogP contribution in [0.25, 0.3) is 90.0 Å². The van der Waals surface area contributed by atoms with Crippen LogP contribution in [0.2, 0.25) is 0 Å². The number of hydrogen-bond donors (Lipinski definition) is 0. The Morgan fingerprint density at radius 3 is 0.821 bits per heavy atom. The second-order valence-electron chi connectivity index (χ2n) is 28.1. The van der Waals surface area contributed by atoms with Crippen LogP contribution in [0.1, 0.15) is 55.6 Å². The molecule has 16 aromatic carbocycles. The summed E-state index contributed by atoms with van der Waals surface area (Å²) in [7, 11) is 0. The molecule has 2 aliphatic rings. The van der Waals surface area contributed by atoms with Crippen molar-refractivity contribution in [3.8, 4) is 77.9 Å². The number of benzene rings is 16. The van der Waals surface area contributed by atoms with E-state index in [0.29, 0.717) is 90.5 Å². The fraction of sp³-hybridized carbons (Fsp3) is 0.0196. The number of hydrogen-bond acceptors (Lipinski definition) is 2. The van der Waals surface area contributed by atoms with Gasteiger partial charge in [-0.1, -0.05) is 280 Å². The molecule has 2 atom stereocenters. The summed E-state index contributed by atoms with van der Waals surface area (Å²) in [5.41, 5.74) is 15.6. The van der Waals surface area contributed by atoms with E-state index in [-0.39, 0.29) is 0 Å². The molecule has 2 aliphatic carbocycles. The fourth-order valence-electron chi connectivity index (χ4n) is 16.9. The summed E-state index contributed by atoms with van der Waals surface area (Å²) in [6.45, 7) is 7.89. The highest BCUT2D eigenvalue weighted by Gasteiger charge is 2.52. The second-order valence-corrected chi connectivity index (χ2v) is 28.1. The average molecular weight is 1470 g/mol. The van der Waals surface area contributed by atoms with E-state index in [1.807, 2.05) is 182 Å². The predicted molar refractivity (Wildman–Crippen MR) is 437 cm³/mol. The number of anilines is 6. The lowest BCUT2D eigenvalue weighted by atomic mass is 9.67. The predicted octanol–water partition coefficient (Wildman–Crippen LogP) is 28.1.